The van der Waals surface area contributed by atoms with Gasteiger partial charge in [0.2, 0.25) is 11.2 Å². The number of hydrogen-bond acceptors (Lipinski definition) is 13. The molecule has 0 spiro atoms. The van der Waals surface area contributed by atoms with Crippen LogP contribution in [0.25, 0.3) is 11.0 Å². The topological polar surface area (TPSA) is 170 Å². The van der Waals surface area contributed by atoms with Crippen molar-refractivity contribution < 1.29 is 43.1 Å². The average molecular weight is 685 g/mol. The van der Waals surface area contributed by atoms with Crippen LogP contribution in [-0.2, 0) is 38.0 Å². The molecule has 0 saturated carbocycles. The molecule has 16 heteroatoms. The lowest BCUT2D eigenvalue weighted by atomic mass is 9.93. The number of carbonyl (C=O) groups excluding carboxylic acids is 1. The summed E-state index contributed by atoms with van der Waals surface area (Å²) in [5, 5.41) is 21.4. The molecule has 4 heterocycles. The van der Waals surface area contributed by atoms with Gasteiger partial charge in [-0.1, -0.05) is 26.0 Å². The number of aliphatic hydroxyl groups is 1. The predicted molar refractivity (Wildman–Crippen MR) is 173 cm³/mol. The van der Waals surface area contributed by atoms with E-state index in [1.165, 1.54) is 0 Å². The smallest absolute Gasteiger partial charge is 0.226 e. The lowest BCUT2D eigenvalue weighted by Crippen LogP contribution is -2.38. The maximum atomic E-state index is 12.4. The summed E-state index contributed by atoms with van der Waals surface area (Å²) in [6.07, 6.45) is -0.324. The Morgan fingerprint density at radius 3 is 2.34 bits per heavy atom. The fourth-order valence-electron chi connectivity index (χ4n) is 5.11. The minimum Gasteiger partial charge on any atom is -0.394 e. The molecule has 264 valence electrons. The normalized spacial score (nSPS) is 22.1. The molecule has 2 aliphatic rings. The van der Waals surface area contributed by atoms with E-state index in [9.17, 15) is 9.90 Å². The van der Waals surface area contributed by atoms with Crippen molar-refractivity contribution in [2.75, 3.05) is 77.9 Å². The van der Waals surface area contributed by atoms with Crippen molar-refractivity contribution in [2.24, 2.45) is 5.41 Å². The van der Waals surface area contributed by atoms with Crippen LogP contribution in [0.5, 0.6) is 0 Å². The molecule has 4 rings (SSSR count). The molecule has 2 aliphatic heterocycles. The van der Waals surface area contributed by atoms with Crippen molar-refractivity contribution in [1.29, 1.82) is 0 Å². The number of aromatic nitrogens is 4. The largest absolute Gasteiger partial charge is 0.394 e. The van der Waals surface area contributed by atoms with Crippen LogP contribution in [0, 0.1) is 5.41 Å². The monoisotopic (exact) mass is 684 g/mol. The van der Waals surface area contributed by atoms with Gasteiger partial charge in [0.15, 0.2) is 17.7 Å². The number of anilines is 1. The maximum absolute atomic E-state index is 12.4. The Kier molecular flexibility index (Phi) is 13.7. The van der Waals surface area contributed by atoms with Crippen molar-refractivity contribution in [1.82, 2.24) is 25.1 Å². The molecule has 3 N–H and O–H groups in total. The molecule has 2 saturated heterocycles. The van der Waals surface area contributed by atoms with E-state index in [0.717, 1.165) is 5.57 Å². The SMILES string of the molecule is C=C(C)COCCOCCOCCOCCC(=O)NCC(C)(C)CNc1nc(Cl)nc2c1cnn2[C@@H]1O[C@H](CO)[C@H]2OC(C)(C)O[C@H]21. The van der Waals surface area contributed by atoms with Gasteiger partial charge < -0.3 is 48.9 Å². The third kappa shape index (κ3) is 11.0. The van der Waals surface area contributed by atoms with Crippen LogP contribution in [0.1, 0.15) is 47.3 Å². The number of nitrogens with one attached hydrogen (secondary N) is 2. The Morgan fingerprint density at radius 2 is 1.68 bits per heavy atom. The van der Waals surface area contributed by atoms with Gasteiger partial charge in [-0.15, -0.1) is 0 Å². The van der Waals surface area contributed by atoms with Gasteiger partial charge in [0.1, 0.15) is 24.1 Å². The minimum absolute atomic E-state index is 0.0313. The van der Waals surface area contributed by atoms with Gasteiger partial charge in [0, 0.05) is 19.5 Å². The van der Waals surface area contributed by atoms with Crippen LogP contribution < -0.4 is 10.6 Å². The molecule has 47 heavy (non-hydrogen) atoms. The number of nitrogens with zero attached hydrogens (tertiary/aromatic N) is 4. The molecule has 1 amide bonds. The maximum Gasteiger partial charge on any atom is 0.226 e. The Morgan fingerprint density at radius 1 is 1.04 bits per heavy atom. The Balaban J connectivity index is 1.16. The summed E-state index contributed by atoms with van der Waals surface area (Å²) >= 11 is 6.33. The van der Waals surface area contributed by atoms with Crippen molar-refractivity contribution in [3.05, 3.63) is 23.6 Å². The first-order chi connectivity index (χ1) is 22.4. The second-order valence-electron chi connectivity index (χ2n) is 12.9. The number of ether oxygens (including phenoxy) is 7. The highest BCUT2D eigenvalue weighted by Crippen LogP contribution is 2.43. The Bertz CT molecular complexity index is 1330. The molecule has 4 atom stereocenters. The standard InChI is InChI=1S/C31H49ClN6O9/c1-20(2)17-44-14-13-43-12-11-42-10-9-41-8-7-23(40)33-18-30(3,4)19-34-26-21-15-35-38(27(21)37-29(32)36-26)28-25-24(22(16-39)45-28)46-31(5,6)47-25/h15,22,24-25,28,39H,1,7-14,16-19H2,2-6H3,(H,33,40)(H,34,36,37)/t22-,24-,25-,28-/m1/s1. The first kappa shape index (κ1) is 37.4. The van der Waals surface area contributed by atoms with E-state index in [1.54, 1.807) is 10.9 Å². The number of amides is 1. The van der Waals surface area contributed by atoms with E-state index in [1.807, 2.05) is 34.6 Å². The number of rotatable bonds is 21. The summed E-state index contributed by atoms with van der Waals surface area (Å²) in [6.45, 7) is 17.7. The third-order valence-corrected chi connectivity index (χ3v) is 7.58. The number of fused-ring (bicyclic) bond motifs is 2. The minimum atomic E-state index is -0.826. The predicted octanol–water partition coefficient (Wildman–Crippen LogP) is 2.48. The molecule has 2 aromatic rings. The van der Waals surface area contributed by atoms with Crippen molar-refractivity contribution in [3.63, 3.8) is 0 Å². The lowest BCUT2D eigenvalue weighted by molar-refractivity contribution is -0.201. The zero-order valence-corrected chi connectivity index (χ0v) is 28.7. The van der Waals surface area contributed by atoms with Gasteiger partial charge in [0.25, 0.3) is 0 Å². The fraction of sp³-hybridized carbons (Fsp3) is 0.742. The summed E-state index contributed by atoms with van der Waals surface area (Å²) < 4.78 is 41.5. The highest BCUT2D eigenvalue weighted by molar-refractivity contribution is 6.28. The molecule has 0 bridgehead atoms. The molecule has 15 nitrogen and oxygen atoms in total. The fourth-order valence-corrected chi connectivity index (χ4v) is 5.27. The van der Waals surface area contributed by atoms with Gasteiger partial charge >= 0.3 is 0 Å². The zero-order valence-electron chi connectivity index (χ0n) is 28.0. The van der Waals surface area contributed by atoms with Crippen LogP contribution in [0.3, 0.4) is 0 Å². The molecule has 0 radical (unpaired) electrons. The second-order valence-corrected chi connectivity index (χ2v) is 13.2. The molecular weight excluding hydrogens is 636 g/mol. The first-order valence-corrected chi connectivity index (χ1v) is 16.3. The summed E-state index contributed by atoms with van der Waals surface area (Å²) in [4.78, 5) is 21.2. The average Bonchev–Trinajstić information content (AvgIpc) is 3.67. The van der Waals surface area contributed by atoms with Gasteiger partial charge in [-0.3, -0.25) is 4.79 Å². The van der Waals surface area contributed by atoms with Crippen molar-refractivity contribution in [2.45, 2.75) is 71.4 Å². The number of hydrogen-bond donors (Lipinski definition) is 3. The summed E-state index contributed by atoms with van der Waals surface area (Å²) in [5.41, 5.74) is 1.10. The van der Waals surface area contributed by atoms with Crippen LogP contribution in [-0.4, -0.2) is 127 Å². The quantitative estimate of drug-likeness (QED) is 0.0997. The van der Waals surface area contributed by atoms with Crippen LogP contribution in [0.4, 0.5) is 5.82 Å². The number of aliphatic hydroxyl groups excluding tert-OH is 1. The van der Waals surface area contributed by atoms with Crippen LogP contribution in [0.15, 0.2) is 18.3 Å². The highest BCUT2D eigenvalue weighted by Gasteiger charge is 2.56. The Labute approximate surface area is 280 Å². The van der Waals surface area contributed by atoms with E-state index in [-0.39, 0.29) is 29.6 Å². The molecular formula is C31H49ClN6O9. The number of carbonyl (C=O) groups is 1. The number of halogens is 1. The third-order valence-electron chi connectivity index (χ3n) is 7.41. The summed E-state index contributed by atoms with van der Waals surface area (Å²) in [5.74, 6) is -0.433. The van der Waals surface area contributed by atoms with Crippen molar-refractivity contribution in [3.8, 4) is 0 Å². The molecule has 2 aromatic heterocycles. The second kappa shape index (κ2) is 17.3. The van der Waals surface area contributed by atoms with Gasteiger partial charge in [-0.2, -0.15) is 15.1 Å². The lowest BCUT2D eigenvalue weighted by Gasteiger charge is -2.26. The molecule has 0 unspecified atom stereocenters. The summed E-state index contributed by atoms with van der Waals surface area (Å²) in [7, 11) is 0. The van der Waals surface area contributed by atoms with Gasteiger partial charge in [-0.25, -0.2) is 4.68 Å². The first-order valence-electron chi connectivity index (χ1n) is 15.9. The van der Waals surface area contributed by atoms with E-state index in [4.69, 9.17) is 44.8 Å². The van der Waals surface area contributed by atoms with E-state index in [0.29, 0.717) is 82.8 Å². The molecule has 2 fully saturated rings. The van der Waals surface area contributed by atoms with Crippen molar-refractivity contribution >= 4 is 34.4 Å². The van der Waals surface area contributed by atoms with E-state index in [2.05, 4.69) is 32.3 Å². The van der Waals surface area contributed by atoms with E-state index >= 15 is 0 Å². The van der Waals surface area contributed by atoms with Gasteiger partial charge in [0.05, 0.1) is 71.0 Å². The van der Waals surface area contributed by atoms with E-state index < -0.39 is 30.3 Å². The zero-order chi connectivity index (χ0) is 34.0. The Hall–Kier alpha value is -2.47. The van der Waals surface area contributed by atoms with Crippen LogP contribution >= 0.6 is 11.6 Å². The highest BCUT2D eigenvalue weighted by atomic mass is 35.5. The molecule has 0 aliphatic carbocycles. The summed E-state index contributed by atoms with van der Waals surface area (Å²) in [6, 6.07) is 0. The van der Waals surface area contributed by atoms with Gasteiger partial charge in [-0.05, 0) is 37.8 Å². The molecule has 0 aromatic carbocycles. The van der Waals surface area contributed by atoms with Crippen LogP contribution in [0.2, 0.25) is 5.28 Å².